The minimum absolute atomic E-state index is 0.0480. The summed E-state index contributed by atoms with van der Waals surface area (Å²) in [5.74, 6) is -0.327. The molecule has 0 bridgehead atoms. The van der Waals surface area contributed by atoms with Crippen molar-refractivity contribution in [3.8, 4) is 0 Å². The van der Waals surface area contributed by atoms with Crippen molar-refractivity contribution >= 4 is 5.91 Å². The van der Waals surface area contributed by atoms with Gasteiger partial charge in [0.15, 0.2) is 5.69 Å². The van der Waals surface area contributed by atoms with Crippen molar-refractivity contribution < 1.29 is 18.0 Å². The second kappa shape index (κ2) is 6.44. The van der Waals surface area contributed by atoms with Crippen molar-refractivity contribution in [2.45, 2.75) is 57.8 Å². The Morgan fingerprint density at radius 3 is 2.50 bits per heavy atom. The number of carbonyl (C=O) groups is 1. The van der Waals surface area contributed by atoms with Crippen LogP contribution in [0.1, 0.15) is 67.3 Å². The van der Waals surface area contributed by atoms with Gasteiger partial charge in [-0.25, -0.2) is 0 Å². The Kier molecular flexibility index (Phi) is 4.58. The molecule has 1 aliphatic carbocycles. The summed E-state index contributed by atoms with van der Waals surface area (Å²) >= 11 is 0. The van der Waals surface area contributed by atoms with Crippen LogP contribution in [0.5, 0.6) is 0 Å². The summed E-state index contributed by atoms with van der Waals surface area (Å²) < 4.78 is 42.0. The Balaban J connectivity index is 1.80. The van der Waals surface area contributed by atoms with Gasteiger partial charge in [0, 0.05) is 29.9 Å². The van der Waals surface area contributed by atoms with Crippen molar-refractivity contribution in [2.75, 3.05) is 0 Å². The minimum atomic E-state index is -4.52. The number of hydrogen-bond donors (Lipinski definition) is 1. The third-order valence-corrected chi connectivity index (χ3v) is 4.90. The molecule has 0 saturated heterocycles. The monoisotopic (exact) mass is 369 g/mol. The first-order valence-electron chi connectivity index (χ1n) is 8.55. The molecule has 2 aromatic rings. The number of nitrogens with zero attached hydrogens (tertiary/aromatic N) is 4. The second-order valence-corrected chi connectivity index (χ2v) is 6.89. The smallest absolute Gasteiger partial charge is 0.348 e. The number of hydrogen-bond acceptors (Lipinski definition) is 3. The highest BCUT2D eigenvalue weighted by atomic mass is 19.4. The van der Waals surface area contributed by atoms with Gasteiger partial charge in [0.25, 0.3) is 0 Å². The Morgan fingerprint density at radius 2 is 2.00 bits per heavy atom. The summed E-state index contributed by atoms with van der Waals surface area (Å²) in [6, 6.07) is -0.0716. The number of aryl methyl sites for hydroxylation is 1. The predicted octanol–water partition coefficient (Wildman–Crippen LogP) is 3.26. The van der Waals surface area contributed by atoms with Crippen LogP contribution < -0.4 is 5.32 Å². The van der Waals surface area contributed by atoms with Gasteiger partial charge in [0.05, 0.1) is 12.2 Å². The van der Waals surface area contributed by atoms with Crippen molar-refractivity contribution in [2.24, 2.45) is 7.05 Å². The van der Waals surface area contributed by atoms with E-state index >= 15 is 0 Å². The summed E-state index contributed by atoms with van der Waals surface area (Å²) in [6.45, 7) is 5.28. The first-order chi connectivity index (χ1) is 12.1. The summed E-state index contributed by atoms with van der Waals surface area (Å²) in [5.41, 5.74) is 1.31. The van der Waals surface area contributed by atoms with Crippen LogP contribution in [-0.2, 0) is 18.0 Å². The average Bonchev–Trinajstić information content (AvgIpc) is 3.21. The zero-order valence-electron chi connectivity index (χ0n) is 15.1. The number of alkyl halides is 3. The molecule has 1 N–H and O–H groups in total. The van der Waals surface area contributed by atoms with Crippen LogP contribution in [0.15, 0.2) is 12.3 Å². The summed E-state index contributed by atoms with van der Waals surface area (Å²) in [7, 11) is 1.81. The van der Waals surface area contributed by atoms with Crippen LogP contribution in [0.3, 0.4) is 0 Å². The molecule has 142 valence electrons. The minimum Gasteiger partial charge on any atom is -0.348 e. The number of amides is 1. The van der Waals surface area contributed by atoms with Gasteiger partial charge in [-0.05, 0) is 39.7 Å². The SMILES string of the molecule is Cc1c([C@H](C)NC(=O)[C@@H](C)n2nc(C(F)(F)F)cc2C2CC2)cnn1C. The average molecular weight is 369 g/mol. The zero-order valence-corrected chi connectivity index (χ0v) is 15.1. The number of rotatable bonds is 5. The highest BCUT2D eigenvalue weighted by Crippen LogP contribution is 2.43. The standard InChI is InChI=1S/C17H22F3N5O/c1-9(13-8-21-24(4)10(13)2)22-16(26)11(3)25-14(12-5-6-12)7-15(23-25)17(18,19)20/h7-9,11-12H,5-6H2,1-4H3,(H,22,26)/t9-,11+/m0/s1. The summed E-state index contributed by atoms with van der Waals surface area (Å²) in [5, 5.41) is 10.7. The zero-order chi connectivity index (χ0) is 19.2. The van der Waals surface area contributed by atoms with Gasteiger partial charge in [-0.15, -0.1) is 0 Å². The first kappa shape index (κ1) is 18.5. The molecule has 0 spiro atoms. The van der Waals surface area contributed by atoms with E-state index in [1.807, 2.05) is 13.8 Å². The van der Waals surface area contributed by atoms with E-state index in [2.05, 4.69) is 15.5 Å². The molecule has 2 aromatic heterocycles. The van der Waals surface area contributed by atoms with Crippen molar-refractivity contribution in [1.29, 1.82) is 0 Å². The molecule has 1 fully saturated rings. The van der Waals surface area contributed by atoms with Crippen LogP contribution in [-0.4, -0.2) is 25.5 Å². The quantitative estimate of drug-likeness (QED) is 0.880. The van der Waals surface area contributed by atoms with Gasteiger partial charge >= 0.3 is 6.18 Å². The first-order valence-corrected chi connectivity index (χ1v) is 8.55. The van der Waals surface area contributed by atoms with Gasteiger partial charge in [0.1, 0.15) is 6.04 Å². The molecular formula is C17H22F3N5O. The van der Waals surface area contributed by atoms with Crippen molar-refractivity contribution in [3.63, 3.8) is 0 Å². The molecule has 1 amide bonds. The fourth-order valence-electron chi connectivity index (χ4n) is 3.01. The van der Waals surface area contributed by atoms with Crippen LogP contribution in [0.25, 0.3) is 0 Å². The number of halogens is 3. The lowest BCUT2D eigenvalue weighted by atomic mass is 10.1. The largest absolute Gasteiger partial charge is 0.435 e. The topological polar surface area (TPSA) is 64.7 Å². The van der Waals surface area contributed by atoms with Gasteiger partial charge in [0.2, 0.25) is 5.91 Å². The maximum atomic E-state index is 13.0. The van der Waals surface area contributed by atoms with Crippen LogP contribution in [0.4, 0.5) is 13.2 Å². The molecule has 9 heteroatoms. The van der Waals surface area contributed by atoms with E-state index in [0.717, 1.165) is 30.2 Å². The fourth-order valence-corrected chi connectivity index (χ4v) is 3.01. The molecule has 26 heavy (non-hydrogen) atoms. The molecule has 2 atom stereocenters. The molecule has 2 heterocycles. The molecule has 0 aromatic carbocycles. The molecule has 1 saturated carbocycles. The Bertz CT molecular complexity index is 819. The molecule has 1 aliphatic rings. The molecular weight excluding hydrogens is 347 g/mol. The van der Waals surface area contributed by atoms with Crippen LogP contribution >= 0.6 is 0 Å². The maximum Gasteiger partial charge on any atom is 0.435 e. The maximum absolute atomic E-state index is 13.0. The second-order valence-electron chi connectivity index (χ2n) is 6.89. The number of aromatic nitrogens is 4. The predicted molar refractivity (Wildman–Crippen MR) is 88.4 cm³/mol. The Labute approximate surface area is 149 Å². The van der Waals surface area contributed by atoms with E-state index in [0.29, 0.717) is 5.69 Å². The lowest BCUT2D eigenvalue weighted by Crippen LogP contribution is -2.34. The van der Waals surface area contributed by atoms with Crippen molar-refractivity contribution in [3.05, 3.63) is 34.9 Å². The Morgan fingerprint density at radius 1 is 1.35 bits per heavy atom. The lowest BCUT2D eigenvalue weighted by molar-refractivity contribution is -0.142. The van der Waals surface area contributed by atoms with Gasteiger partial charge in [-0.3, -0.25) is 14.2 Å². The molecule has 0 radical (unpaired) electrons. The molecule has 3 rings (SSSR count). The number of carbonyl (C=O) groups excluding carboxylic acids is 1. The van der Waals surface area contributed by atoms with E-state index in [-0.39, 0.29) is 17.9 Å². The molecule has 6 nitrogen and oxygen atoms in total. The van der Waals surface area contributed by atoms with Crippen molar-refractivity contribution in [1.82, 2.24) is 24.9 Å². The van der Waals surface area contributed by atoms with Gasteiger partial charge < -0.3 is 5.32 Å². The summed E-state index contributed by atoms with van der Waals surface area (Å²) in [6.07, 6.45) is -1.20. The van der Waals surface area contributed by atoms with E-state index in [9.17, 15) is 18.0 Å². The third-order valence-electron chi connectivity index (χ3n) is 4.90. The van der Waals surface area contributed by atoms with E-state index in [1.54, 1.807) is 24.9 Å². The lowest BCUT2D eigenvalue weighted by Gasteiger charge is -2.19. The normalized spacial score (nSPS) is 17.2. The molecule has 0 aliphatic heterocycles. The van der Waals surface area contributed by atoms with Gasteiger partial charge in [-0.2, -0.15) is 23.4 Å². The third kappa shape index (κ3) is 3.47. The van der Waals surface area contributed by atoms with Gasteiger partial charge in [-0.1, -0.05) is 0 Å². The molecule has 0 unspecified atom stereocenters. The Hall–Kier alpha value is -2.32. The highest BCUT2D eigenvalue weighted by Gasteiger charge is 2.39. The fraction of sp³-hybridized carbons (Fsp3) is 0.588. The van der Waals surface area contributed by atoms with E-state index in [1.165, 1.54) is 4.68 Å². The van der Waals surface area contributed by atoms with E-state index in [4.69, 9.17) is 0 Å². The van der Waals surface area contributed by atoms with Crippen LogP contribution in [0.2, 0.25) is 0 Å². The highest BCUT2D eigenvalue weighted by molar-refractivity contribution is 5.80. The van der Waals surface area contributed by atoms with E-state index < -0.39 is 17.9 Å². The number of nitrogens with one attached hydrogen (secondary N) is 1. The van der Waals surface area contributed by atoms with Crippen LogP contribution in [0, 0.1) is 6.92 Å². The summed E-state index contributed by atoms with van der Waals surface area (Å²) in [4.78, 5) is 12.6.